The van der Waals surface area contributed by atoms with Gasteiger partial charge in [0.15, 0.2) is 6.61 Å². The maximum atomic E-state index is 12.8. The molecule has 1 atom stereocenters. The van der Waals surface area contributed by atoms with Crippen LogP contribution in [0.1, 0.15) is 24.6 Å². The standard InChI is InChI=1S/C27H26N2O4S/c1-20-15-17-29(24-7-2-3-8-25(24)34-20)26(30)19-33-27(31)14-11-21-9-12-23(13-10-21)32-18-22-6-4-5-16-28-22/h2-14,16,20H,15,17-19H2,1H3. The number of thioether (sulfide) groups is 1. The molecule has 0 aliphatic carbocycles. The first-order valence-corrected chi connectivity index (χ1v) is 12.0. The molecular weight excluding hydrogens is 448 g/mol. The quantitative estimate of drug-likeness (QED) is 0.349. The molecule has 1 aliphatic rings. The number of anilines is 1. The zero-order chi connectivity index (χ0) is 23.8. The van der Waals surface area contributed by atoms with Crippen LogP contribution in [0.2, 0.25) is 0 Å². The van der Waals surface area contributed by atoms with Crippen LogP contribution in [0.3, 0.4) is 0 Å². The van der Waals surface area contributed by atoms with Gasteiger partial charge in [-0.05, 0) is 54.5 Å². The van der Waals surface area contributed by atoms with Crippen LogP contribution >= 0.6 is 11.8 Å². The van der Waals surface area contributed by atoms with E-state index in [0.29, 0.717) is 24.2 Å². The number of amides is 1. The van der Waals surface area contributed by atoms with Crippen LogP contribution in [-0.4, -0.2) is 35.3 Å². The van der Waals surface area contributed by atoms with Crippen LogP contribution in [0.15, 0.2) is 83.9 Å². The molecule has 3 aromatic rings. The number of esters is 1. The molecule has 34 heavy (non-hydrogen) atoms. The van der Waals surface area contributed by atoms with Crippen molar-refractivity contribution in [2.24, 2.45) is 0 Å². The van der Waals surface area contributed by atoms with Crippen LogP contribution in [0.4, 0.5) is 5.69 Å². The van der Waals surface area contributed by atoms with Gasteiger partial charge in [0.2, 0.25) is 0 Å². The molecular formula is C27H26N2O4S. The Morgan fingerprint density at radius 3 is 2.68 bits per heavy atom. The minimum Gasteiger partial charge on any atom is -0.487 e. The van der Waals surface area contributed by atoms with Gasteiger partial charge in [-0.1, -0.05) is 37.3 Å². The van der Waals surface area contributed by atoms with E-state index in [4.69, 9.17) is 9.47 Å². The highest BCUT2D eigenvalue weighted by Gasteiger charge is 2.24. The molecule has 0 radical (unpaired) electrons. The third kappa shape index (κ3) is 6.48. The van der Waals surface area contributed by atoms with Gasteiger partial charge in [0.05, 0.1) is 11.4 Å². The summed E-state index contributed by atoms with van der Waals surface area (Å²) in [6, 6.07) is 20.9. The summed E-state index contributed by atoms with van der Waals surface area (Å²) in [6.45, 7) is 2.85. The van der Waals surface area contributed by atoms with E-state index in [0.717, 1.165) is 28.3 Å². The molecule has 0 saturated heterocycles. The number of hydrogen-bond acceptors (Lipinski definition) is 6. The van der Waals surface area contributed by atoms with Crippen molar-refractivity contribution < 1.29 is 19.1 Å². The van der Waals surface area contributed by atoms with Gasteiger partial charge in [0.25, 0.3) is 5.91 Å². The lowest BCUT2D eigenvalue weighted by Gasteiger charge is -2.22. The van der Waals surface area contributed by atoms with E-state index in [9.17, 15) is 9.59 Å². The lowest BCUT2D eigenvalue weighted by Crippen LogP contribution is -2.35. The molecule has 4 rings (SSSR count). The first kappa shape index (κ1) is 23.6. The summed E-state index contributed by atoms with van der Waals surface area (Å²) < 4.78 is 10.9. The van der Waals surface area contributed by atoms with E-state index in [2.05, 4.69) is 11.9 Å². The molecule has 0 bridgehead atoms. The van der Waals surface area contributed by atoms with E-state index in [-0.39, 0.29) is 12.5 Å². The number of nitrogens with zero attached hydrogens (tertiary/aromatic N) is 2. The van der Waals surface area contributed by atoms with Crippen LogP contribution in [0.5, 0.6) is 5.75 Å². The summed E-state index contributed by atoms with van der Waals surface area (Å²) in [5.74, 6) is -0.0748. The average molecular weight is 475 g/mol. The van der Waals surface area contributed by atoms with Gasteiger partial charge in [-0.25, -0.2) is 4.79 Å². The summed E-state index contributed by atoms with van der Waals surface area (Å²) in [6.07, 6.45) is 5.58. The summed E-state index contributed by atoms with van der Waals surface area (Å²) in [5, 5.41) is 0.413. The molecule has 0 spiro atoms. The Labute approximate surface area is 203 Å². The number of aromatic nitrogens is 1. The number of benzene rings is 2. The first-order chi connectivity index (χ1) is 16.6. The lowest BCUT2D eigenvalue weighted by atomic mass is 10.2. The second-order valence-corrected chi connectivity index (χ2v) is 9.33. The summed E-state index contributed by atoms with van der Waals surface area (Å²) in [4.78, 5) is 32.0. The molecule has 174 valence electrons. The maximum Gasteiger partial charge on any atom is 0.331 e. The average Bonchev–Trinajstić information content (AvgIpc) is 3.04. The highest BCUT2D eigenvalue weighted by molar-refractivity contribution is 8.00. The molecule has 0 saturated carbocycles. The van der Waals surface area contributed by atoms with Crippen LogP contribution in [0, 0.1) is 0 Å². The van der Waals surface area contributed by atoms with Gasteiger partial charge in [-0.15, -0.1) is 11.8 Å². The van der Waals surface area contributed by atoms with E-state index < -0.39 is 5.97 Å². The molecule has 2 heterocycles. The Morgan fingerprint density at radius 1 is 1.09 bits per heavy atom. The largest absolute Gasteiger partial charge is 0.487 e. The van der Waals surface area contributed by atoms with Crippen LogP contribution in [0.25, 0.3) is 6.08 Å². The topological polar surface area (TPSA) is 68.7 Å². The SMILES string of the molecule is CC1CCN(C(=O)COC(=O)C=Cc2ccc(OCc3ccccn3)cc2)c2ccccc2S1. The van der Waals surface area contributed by atoms with Gasteiger partial charge in [0.1, 0.15) is 12.4 Å². The molecule has 0 N–H and O–H groups in total. The second kappa shape index (κ2) is 11.5. The van der Waals surface area contributed by atoms with Crippen molar-refractivity contribution in [2.75, 3.05) is 18.1 Å². The summed E-state index contributed by atoms with van der Waals surface area (Å²) in [5.41, 5.74) is 2.54. The molecule has 0 fully saturated rings. The molecule has 2 aromatic carbocycles. The van der Waals surface area contributed by atoms with E-state index in [1.165, 1.54) is 6.08 Å². The molecule has 6 nitrogen and oxygen atoms in total. The third-order valence-electron chi connectivity index (χ3n) is 5.29. The van der Waals surface area contributed by atoms with Crippen molar-refractivity contribution in [2.45, 2.75) is 30.1 Å². The Hall–Kier alpha value is -3.58. The number of rotatable bonds is 7. The monoisotopic (exact) mass is 474 g/mol. The third-order valence-corrected chi connectivity index (χ3v) is 6.52. The Balaban J connectivity index is 1.27. The molecule has 1 aliphatic heterocycles. The Bertz CT molecular complexity index is 1150. The number of fused-ring (bicyclic) bond motifs is 1. The predicted octanol–water partition coefficient (Wildman–Crippen LogP) is 5.13. The number of hydrogen-bond donors (Lipinski definition) is 0. The van der Waals surface area contributed by atoms with E-state index in [1.54, 1.807) is 28.9 Å². The number of ether oxygens (including phenoxy) is 2. The van der Waals surface area contributed by atoms with Gasteiger partial charge in [0, 0.05) is 29.0 Å². The van der Waals surface area contributed by atoms with Gasteiger partial charge < -0.3 is 14.4 Å². The maximum absolute atomic E-state index is 12.8. The van der Waals surface area contributed by atoms with E-state index >= 15 is 0 Å². The van der Waals surface area contributed by atoms with Gasteiger partial charge >= 0.3 is 5.97 Å². The summed E-state index contributed by atoms with van der Waals surface area (Å²) in [7, 11) is 0. The molecule has 1 unspecified atom stereocenters. The van der Waals surface area contributed by atoms with Crippen molar-refractivity contribution in [3.8, 4) is 5.75 Å². The highest BCUT2D eigenvalue weighted by Crippen LogP contribution is 2.37. The second-order valence-electron chi connectivity index (χ2n) is 7.85. The Morgan fingerprint density at radius 2 is 1.88 bits per heavy atom. The summed E-state index contributed by atoms with van der Waals surface area (Å²) >= 11 is 1.76. The molecule has 7 heteroatoms. The highest BCUT2D eigenvalue weighted by atomic mass is 32.2. The van der Waals surface area contributed by atoms with Crippen molar-refractivity contribution in [3.63, 3.8) is 0 Å². The van der Waals surface area contributed by atoms with Crippen molar-refractivity contribution in [1.82, 2.24) is 4.98 Å². The minimum absolute atomic E-state index is 0.224. The number of pyridine rings is 1. The predicted molar refractivity (Wildman–Crippen MR) is 134 cm³/mol. The zero-order valence-corrected chi connectivity index (χ0v) is 19.7. The first-order valence-electron chi connectivity index (χ1n) is 11.1. The van der Waals surface area contributed by atoms with Crippen LogP contribution in [-0.2, 0) is 20.9 Å². The fourth-order valence-electron chi connectivity index (χ4n) is 3.48. The fourth-order valence-corrected chi connectivity index (χ4v) is 4.60. The van der Waals surface area contributed by atoms with Crippen molar-refractivity contribution in [1.29, 1.82) is 0 Å². The van der Waals surface area contributed by atoms with Gasteiger partial charge in [-0.2, -0.15) is 0 Å². The van der Waals surface area contributed by atoms with Crippen molar-refractivity contribution >= 4 is 35.4 Å². The van der Waals surface area contributed by atoms with Crippen molar-refractivity contribution in [3.05, 3.63) is 90.3 Å². The minimum atomic E-state index is -0.560. The smallest absolute Gasteiger partial charge is 0.331 e. The zero-order valence-electron chi connectivity index (χ0n) is 18.9. The fraction of sp³-hybridized carbons (Fsp3) is 0.222. The lowest BCUT2D eigenvalue weighted by molar-refractivity contribution is -0.142. The molecule has 1 amide bonds. The number of carbonyl (C=O) groups excluding carboxylic acids is 2. The number of carbonyl (C=O) groups is 2. The van der Waals surface area contributed by atoms with Gasteiger partial charge in [-0.3, -0.25) is 9.78 Å². The van der Waals surface area contributed by atoms with Crippen LogP contribution < -0.4 is 9.64 Å². The molecule has 1 aromatic heterocycles. The van der Waals surface area contributed by atoms with E-state index in [1.807, 2.05) is 66.7 Å². The normalized spacial score (nSPS) is 15.4. The number of para-hydroxylation sites is 1. The Kier molecular flexibility index (Phi) is 7.99.